The summed E-state index contributed by atoms with van der Waals surface area (Å²) in [6, 6.07) is 0. The van der Waals surface area contributed by atoms with Crippen LogP contribution in [0.15, 0.2) is 6.33 Å². The lowest BCUT2D eigenvalue weighted by Gasteiger charge is -2.26. The van der Waals surface area contributed by atoms with Crippen molar-refractivity contribution in [2.75, 3.05) is 16.8 Å². The molecule has 4 atom stereocenters. The van der Waals surface area contributed by atoms with Crippen LogP contribution in [-0.2, 0) is 14.2 Å². The Kier molecular flexibility index (Phi) is 5.44. The van der Waals surface area contributed by atoms with E-state index in [0.29, 0.717) is 34.0 Å². The maximum absolute atomic E-state index is 11.8. The van der Waals surface area contributed by atoms with Crippen molar-refractivity contribution >= 4 is 45.9 Å². The number of nitrogen functional groups attached to an aromatic ring is 1. The predicted molar refractivity (Wildman–Crippen MR) is 112 cm³/mol. The van der Waals surface area contributed by atoms with Gasteiger partial charge in [-0.2, -0.15) is 9.97 Å². The molecule has 29 heavy (non-hydrogen) atoms. The number of imidazole rings is 1. The molecule has 2 saturated heterocycles. The smallest absolute Gasteiger partial charge is 0.476 e. The fourth-order valence-corrected chi connectivity index (χ4v) is 4.52. The van der Waals surface area contributed by atoms with Crippen LogP contribution in [0.2, 0.25) is 0 Å². The van der Waals surface area contributed by atoms with Gasteiger partial charge in [0.05, 0.1) is 12.9 Å². The molecular weight excluding hydrogens is 493 g/mol. The number of hydrogen-bond donors (Lipinski definition) is 1. The van der Waals surface area contributed by atoms with Crippen molar-refractivity contribution in [2.45, 2.75) is 57.6 Å². The Balaban J connectivity index is 1.71. The van der Waals surface area contributed by atoms with Crippen molar-refractivity contribution in [3.8, 4) is 5.88 Å². The van der Waals surface area contributed by atoms with Crippen LogP contribution in [-0.4, -0.2) is 54.5 Å². The average Bonchev–Trinajstić information content (AvgIpc) is 3.31. The maximum atomic E-state index is 11.8. The molecule has 2 aliphatic heterocycles. The monoisotopic (exact) mass is 517 g/mol. The first kappa shape index (κ1) is 20.4. The van der Waals surface area contributed by atoms with E-state index < -0.39 is 24.1 Å². The quantitative estimate of drug-likeness (QED) is 0.336. The Morgan fingerprint density at radius 1 is 1.38 bits per heavy atom. The van der Waals surface area contributed by atoms with Gasteiger partial charge in [0, 0.05) is 4.43 Å². The summed E-state index contributed by atoms with van der Waals surface area (Å²) in [5, 5.41) is 0. The van der Waals surface area contributed by atoms with E-state index in [1.165, 1.54) is 0 Å². The molecule has 0 amide bonds. The molecule has 0 aliphatic carbocycles. The SMILES string of the molecule is CCC(CC)COc1nc(N)nc2c1ncn2[C@@H]1O[C@H](CI)[C@H]2OC(=O)O[C@]21C. The number of halogens is 1. The lowest BCUT2D eigenvalue weighted by molar-refractivity contribution is -0.0767. The lowest BCUT2D eigenvalue weighted by Crippen LogP contribution is -2.41. The summed E-state index contributed by atoms with van der Waals surface area (Å²) in [6.07, 6.45) is 1.41. The molecule has 4 rings (SSSR count). The largest absolute Gasteiger partial charge is 0.509 e. The highest BCUT2D eigenvalue weighted by atomic mass is 127. The van der Waals surface area contributed by atoms with Gasteiger partial charge in [0.25, 0.3) is 0 Å². The Morgan fingerprint density at radius 2 is 2.14 bits per heavy atom. The van der Waals surface area contributed by atoms with Crippen LogP contribution in [0.1, 0.15) is 39.8 Å². The number of ether oxygens (including phenoxy) is 4. The Bertz CT molecular complexity index is 919. The number of carbonyl (C=O) groups excluding carboxylic acids is 1. The van der Waals surface area contributed by atoms with Crippen molar-refractivity contribution < 1.29 is 23.7 Å². The number of nitrogens with two attached hydrogens (primary N) is 1. The number of alkyl halides is 1. The van der Waals surface area contributed by atoms with Gasteiger partial charge in [-0.3, -0.25) is 4.57 Å². The number of hydrogen-bond acceptors (Lipinski definition) is 9. The lowest BCUT2D eigenvalue weighted by atomic mass is 9.97. The molecule has 11 heteroatoms. The number of fused-ring (bicyclic) bond motifs is 2. The van der Waals surface area contributed by atoms with Crippen molar-refractivity contribution in [3.63, 3.8) is 0 Å². The number of aromatic nitrogens is 4. The second kappa shape index (κ2) is 7.74. The van der Waals surface area contributed by atoms with E-state index in [-0.39, 0.29) is 12.1 Å². The molecule has 0 aromatic carbocycles. The maximum Gasteiger partial charge on any atom is 0.509 e. The zero-order valence-corrected chi connectivity index (χ0v) is 18.7. The van der Waals surface area contributed by atoms with E-state index in [1.54, 1.807) is 17.8 Å². The fraction of sp³-hybridized carbons (Fsp3) is 0.667. The fourth-order valence-electron chi connectivity index (χ4n) is 3.85. The van der Waals surface area contributed by atoms with Gasteiger partial charge in [-0.15, -0.1) is 0 Å². The van der Waals surface area contributed by atoms with Crippen LogP contribution >= 0.6 is 22.6 Å². The van der Waals surface area contributed by atoms with E-state index in [2.05, 4.69) is 51.4 Å². The summed E-state index contributed by atoms with van der Waals surface area (Å²) in [6.45, 7) is 6.56. The third kappa shape index (κ3) is 3.37. The predicted octanol–water partition coefficient (Wildman–Crippen LogP) is 2.85. The van der Waals surface area contributed by atoms with E-state index in [1.807, 2.05) is 0 Å². The molecule has 2 fully saturated rings. The molecule has 2 aromatic rings. The first-order valence-corrected chi connectivity index (χ1v) is 11.2. The van der Waals surface area contributed by atoms with E-state index in [4.69, 9.17) is 24.7 Å². The third-order valence-electron chi connectivity index (χ3n) is 5.65. The van der Waals surface area contributed by atoms with Gasteiger partial charge in [-0.25, -0.2) is 9.78 Å². The molecule has 0 radical (unpaired) electrons. The highest BCUT2D eigenvalue weighted by Gasteiger charge is 2.64. The Morgan fingerprint density at radius 3 is 2.83 bits per heavy atom. The van der Waals surface area contributed by atoms with Crippen molar-refractivity contribution in [2.24, 2.45) is 5.92 Å². The van der Waals surface area contributed by atoms with Gasteiger partial charge < -0.3 is 24.7 Å². The normalized spacial score (nSPS) is 28.6. The van der Waals surface area contributed by atoms with Crippen molar-refractivity contribution in [1.82, 2.24) is 19.5 Å². The van der Waals surface area contributed by atoms with Crippen LogP contribution in [0.4, 0.5) is 10.7 Å². The zero-order chi connectivity index (χ0) is 20.8. The number of nitrogens with zero attached hydrogens (tertiary/aromatic N) is 4. The third-order valence-corrected chi connectivity index (χ3v) is 6.51. The van der Waals surface area contributed by atoms with Crippen molar-refractivity contribution in [3.05, 3.63) is 6.33 Å². The van der Waals surface area contributed by atoms with Gasteiger partial charge >= 0.3 is 6.16 Å². The molecule has 2 aromatic heterocycles. The number of anilines is 1. The van der Waals surface area contributed by atoms with Gasteiger partial charge in [-0.05, 0) is 12.8 Å². The molecule has 0 bridgehead atoms. The first-order valence-electron chi connectivity index (χ1n) is 9.65. The minimum atomic E-state index is -1.00. The topological polar surface area (TPSA) is 124 Å². The molecule has 0 spiro atoms. The standard InChI is InChI=1S/C18H24IN5O5/c1-4-9(5-2)7-26-14-11-13(22-16(20)23-14)24(8-21-11)15-18(3)12(10(6-19)27-15)28-17(25)29-18/h8-10,12,15H,4-7H2,1-3H3,(H2,20,22,23)/t10-,12-,15-,18-/m1/s1. The summed E-state index contributed by atoms with van der Waals surface area (Å²) in [5.74, 6) is 0.826. The van der Waals surface area contributed by atoms with Gasteiger partial charge in [-0.1, -0.05) is 49.3 Å². The summed E-state index contributed by atoms with van der Waals surface area (Å²) < 4.78 is 25.3. The van der Waals surface area contributed by atoms with Gasteiger partial charge in [0.1, 0.15) is 6.10 Å². The van der Waals surface area contributed by atoms with E-state index >= 15 is 0 Å². The van der Waals surface area contributed by atoms with Gasteiger partial charge in [0.15, 0.2) is 29.1 Å². The Hall–Kier alpha value is -1.89. The number of carbonyl (C=O) groups is 1. The number of rotatable bonds is 7. The molecule has 2 N–H and O–H groups in total. The first-order chi connectivity index (χ1) is 13.9. The second-order valence-corrected chi connectivity index (χ2v) is 8.34. The zero-order valence-electron chi connectivity index (χ0n) is 16.5. The highest BCUT2D eigenvalue weighted by Crippen LogP contribution is 2.48. The highest BCUT2D eigenvalue weighted by molar-refractivity contribution is 14.1. The minimum Gasteiger partial charge on any atom is -0.476 e. The molecule has 4 heterocycles. The molecule has 10 nitrogen and oxygen atoms in total. The molecule has 0 saturated carbocycles. The minimum absolute atomic E-state index is 0.0728. The Labute approximate surface area is 181 Å². The second-order valence-electron chi connectivity index (χ2n) is 7.46. The van der Waals surface area contributed by atoms with Crippen molar-refractivity contribution in [1.29, 1.82) is 0 Å². The van der Waals surface area contributed by atoms with Crippen LogP contribution in [0, 0.1) is 5.92 Å². The van der Waals surface area contributed by atoms with Crippen LogP contribution in [0.5, 0.6) is 5.88 Å². The summed E-state index contributed by atoms with van der Waals surface area (Å²) in [7, 11) is 0. The molecule has 0 unspecified atom stereocenters. The summed E-state index contributed by atoms with van der Waals surface area (Å²) in [5.41, 5.74) is 5.88. The van der Waals surface area contributed by atoms with Crippen LogP contribution in [0.25, 0.3) is 11.2 Å². The van der Waals surface area contributed by atoms with E-state index in [9.17, 15) is 4.79 Å². The molecular formula is C18H24IN5O5. The molecule has 158 valence electrons. The average molecular weight is 517 g/mol. The summed E-state index contributed by atoms with van der Waals surface area (Å²) in [4.78, 5) is 24.8. The molecule has 2 aliphatic rings. The van der Waals surface area contributed by atoms with E-state index in [0.717, 1.165) is 12.8 Å². The van der Waals surface area contributed by atoms with Crippen LogP contribution in [0.3, 0.4) is 0 Å². The van der Waals surface area contributed by atoms with Gasteiger partial charge in [0.2, 0.25) is 11.8 Å². The van der Waals surface area contributed by atoms with Crippen LogP contribution < -0.4 is 10.5 Å². The summed E-state index contributed by atoms with van der Waals surface area (Å²) >= 11 is 2.20.